The quantitative estimate of drug-likeness (QED) is 0.468. The summed E-state index contributed by atoms with van der Waals surface area (Å²) >= 11 is 0. The summed E-state index contributed by atoms with van der Waals surface area (Å²) in [5.74, 6) is 0.370. The van der Waals surface area contributed by atoms with Gasteiger partial charge in [0.05, 0.1) is 30.6 Å². The van der Waals surface area contributed by atoms with Crippen LogP contribution in [0.3, 0.4) is 0 Å². The molecule has 10 nitrogen and oxygen atoms in total. The Bertz CT molecular complexity index is 858. The highest BCUT2D eigenvalue weighted by atomic mass is 16.3. The van der Waals surface area contributed by atoms with E-state index in [4.69, 9.17) is 0 Å². The third-order valence-electron chi connectivity index (χ3n) is 5.84. The summed E-state index contributed by atoms with van der Waals surface area (Å²) in [6.07, 6.45) is 3.71. The van der Waals surface area contributed by atoms with E-state index < -0.39 is 30.4 Å². The van der Waals surface area contributed by atoms with Crippen LogP contribution in [0.5, 0.6) is 0 Å². The van der Waals surface area contributed by atoms with Crippen molar-refractivity contribution in [2.45, 2.75) is 75.5 Å². The van der Waals surface area contributed by atoms with Crippen molar-refractivity contribution in [2.24, 2.45) is 0 Å². The number of amides is 1. The minimum atomic E-state index is -1.06. The molecule has 152 valence electrons. The van der Waals surface area contributed by atoms with Gasteiger partial charge in [0.15, 0.2) is 11.5 Å². The van der Waals surface area contributed by atoms with E-state index in [1.165, 1.54) is 6.33 Å². The van der Waals surface area contributed by atoms with Crippen LogP contribution in [0.1, 0.15) is 45.1 Å². The Morgan fingerprint density at radius 3 is 2.71 bits per heavy atom. The lowest BCUT2D eigenvalue weighted by Gasteiger charge is -2.19. The molecule has 0 unspecified atom stereocenters. The molecule has 1 amide bonds. The molecule has 28 heavy (non-hydrogen) atoms. The van der Waals surface area contributed by atoms with Gasteiger partial charge in [-0.05, 0) is 25.7 Å². The van der Waals surface area contributed by atoms with Crippen molar-refractivity contribution in [3.63, 3.8) is 0 Å². The number of nitrogens with zero attached hydrogens (tertiary/aromatic N) is 4. The van der Waals surface area contributed by atoms with Crippen LogP contribution in [0.25, 0.3) is 11.2 Å². The van der Waals surface area contributed by atoms with Crippen molar-refractivity contribution in [1.82, 2.24) is 24.8 Å². The fourth-order valence-electron chi connectivity index (χ4n) is 4.22. The normalized spacial score (nSPS) is 32.7. The number of aromatic nitrogens is 4. The predicted molar refractivity (Wildman–Crippen MR) is 100 cm³/mol. The van der Waals surface area contributed by atoms with E-state index in [-0.39, 0.29) is 11.9 Å². The number of hydrogen-bond donors (Lipinski definition) is 5. The van der Waals surface area contributed by atoms with Crippen LogP contribution in [0.15, 0.2) is 12.7 Å². The maximum Gasteiger partial charge on any atom is 0.220 e. The van der Waals surface area contributed by atoms with Gasteiger partial charge in [0.25, 0.3) is 0 Å². The number of carbonyl (C=O) groups excluding carboxylic acids is 1. The number of fused-ring (bicyclic) bond motifs is 1. The lowest BCUT2D eigenvalue weighted by Crippen LogP contribution is -2.42. The van der Waals surface area contributed by atoms with Gasteiger partial charge in [0.2, 0.25) is 5.91 Å². The molecule has 2 fully saturated rings. The molecule has 2 aliphatic carbocycles. The SMILES string of the molecule is CCC(=O)N[C@H]1C[C@@H](n2cnc3c(N[C@H]4CCC[C@@H]4O)ncnc32)[C@H](O)[C@@H]1O. The van der Waals surface area contributed by atoms with E-state index in [0.717, 1.165) is 19.3 Å². The molecule has 0 bridgehead atoms. The molecule has 4 rings (SSSR count). The van der Waals surface area contributed by atoms with E-state index in [1.807, 2.05) is 0 Å². The third kappa shape index (κ3) is 3.31. The average molecular weight is 390 g/mol. The van der Waals surface area contributed by atoms with E-state index in [9.17, 15) is 20.1 Å². The molecule has 0 radical (unpaired) electrons. The van der Waals surface area contributed by atoms with Gasteiger partial charge in [-0.25, -0.2) is 15.0 Å². The van der Waals surface area contributed by atoms with Crippen LogP contribution < -0.4 is 10.6 Å². The monoisotopic (exact) mass is 390 g/mol. The van der Waals surface area contributed by atoms with Gasteiger partial charge in [0, 0.05) is 6.42 Å². The molecule has 5 N–H and O–H groups in total. The number of imidazole rings is 1. The van der Waals surface area contributed by atoms with Crippen LogP contribution in [0.2, 0.25) is 0 Å². The number of anilines is 1. The Kier molecular flexibility index (Phi) is 5.17. The number of rotatable bonds is 5. The number of aliphatic hydroxyl groups is 3. The van der Waals surface area contributed by atoms with E-state index in [1.54, 1.807) is 17.8 Å². The highest BCUT2D eigenvalue weighted by Gasteiger charge is 2.43. The number of aliphatic hydroxyl groups excluding tert-OH is 3. The number of nitrogens with one attached hydrogen (secondary N) is 2. The fraction of sp³-hybridized carbons (Fsp3) is 0.667. The van der Waals surface area contributed by atoms with E-state index >= 15 is 0 Å². The Hall–Kier alpha value is -2.30. The zero-order chi connectivity index (χ0) is 19.8. The molecule has 0 spiro atoms. The van der Waals surface area contributed by atoms with Gasteiger partial charge in [-0.15, -0.1) is 0 Å². The summed E-state index contributed by atoms with van der Waals surface area (Å²) in [5, 5.41) is 37.0. The van der Waals surface area contributed by atoms with Crippen molar-refractivity contribution in [3.05, 3.63) is 12.7 Å². The van der Waals surface area contributed by atoms with Crippen LogP contribution >= 0.6 is 0 Å². The summed E-state index contributed by atoms with van der Waals surface area (Å²) in [4.78, 5) is 24.7. The van der Waals surface area contributed by atoms with Gasteiger partial charge in [-0.2, -0.15) is 0 Å². The molecule has 2 aromatic rings. The average Bonchev–Trinajstić information content (AvgIpc) is 3.37. The van der Waals surface area contributed by atoms with Gasteiger partial charge < -0.3 is 30.5 Å². The largest absolute Gasteiger partial charge is 0.391 e. The first-order chi connectivity index (χ1) is 13.5. The van der Waals surface area contributed by atoms with Crippen LogP contribution in [0, 0.1) is 0 Å². The van der Waals surface area contributed by atoms with Crippen molar-refractivity contribution < 1.29 is 20.1 Å². The molecule has 0 saturated heterocycles. The molecular weight excluding hydrogens is 364 g/mol. The van der Waals surface area contributed by atoms with Gasteiger partial charge in [-0.3, -0.25) is 4.79 Å². The van der Waals surface area contributed by atoms with Crippen molar-refractivity contribution in [1.29, 1.82) is 0 Å². The molecule has 2 aromatic heterocycles. The molecule has 0 aromatic carbocycles. The van der Waals surface area contributed by atoms with Gasteiger partial charge in [-0.1, -0.05) is 6.92 Å². The molecule has 10 heteroatoms. The third-order valence-corrected chi connectivity index (χ3v) is 5.84. The van der Waals surface area contributed by atoms with Crippen LogP contribution in [0.4, 0.5) is 5.82 Å². The summed E-state index contributed by atoms with van der Waals surface area (Å²) in [6, 6.07) is -1.07. The number of carbonyl (C=O) groups is 1. The van der Waals surface area contributed by atoms with Crippen molar-refractivity contribution in [3.8, 4) is 0 Å². The van der Waals surface area contributed by atoms with Crippen molar-refractivity contribution in [2.75, 3.05) is 5.32 Å². The first-order valence-corrected chi connectivity index (χ1v) is 9.77. The molecule has 6 atom stereocenters. The maximum atomic E-state index is 11.7. The fourth-order valence-corrected chi connectivity index (χ4v) is 4.22. The Balaban J connectivity index is 1.59. The topological polar surface area (TPSA) is 145 Å². The summed E-state index contributed by atoms with van der Waals surface area (Å²) in [6.45, 7) is 1.74. The van der Waals surface area contributed by atoms with Gasteiger partial charge in [0.1, 0.15) is 24.1 Å². The predicted octanol–water partition coefficient (Wildman–Crippen LogP) is -0.287. The lowest BCUT2D eigenvalue weighted by atomic mass is 10.2. The first-order valence-electron chi connectivity index (χ1n) is 9.77. The van der Waals surface area contributed by atoms with E-state index in [0.29, 0.717) is 29.8 Å². The Morgan fingerprint density at radius 1 is 1.18 bits per heavy atom. The first kappa shape index (κ1) is 19.0. The van der Waals surface area contributed by atoms with Crippen LogP contribution in [-0.4, -0.2) is 71.1 Å². The summed E-state index contributed by atoms with van der Waals surface area (Å²) in [7, 11) is 0. The smallest absolute Gasteiger partial charge is 0.220 e. The second-order valence-electron chi connectivity index (χ2n) is 7.61. The number of hydrogen-bond acceptors (Lipinski definition) is 8. The highest BCUT2D eigenvalue weighted by Crippen LogP contribution is 2.34. The molecule has 0 aliphatic heterocycles. The van der Waals surface area contributed by atoms with Crippen LogP contribution in [-0.2, 0) is 4.79 Å². The Labute approximate surface area is 162 Å². The molecule has 2 aliphatic rings. The second-order valence-corrected chi connectivity index (χ2v) is 7.61. The second kappa shape index (κ2) is 7.61. The van der Waals surface area contributed by atoms with Gasteiger partial charge >= 0.3 is 0 Å². The lowest BCUT2D eigenvalue weighted by molar-refractivity contribution is -0.122. The Morgan fingerprint density at radius 2 is 2.00 bits per heavy atom. The summed E-state index contributed by atoms with van der Waals surface area (Å²) < 4.78 is 1.72. The molecule has 2 saturated carbocycles. The molecular formula is C18H26N6O4. The highest BCUT2D eigenvalue weighted by molar-refractivity contribution is 5.83. The van der Waals surface area contributed by atoms with E-state index in [2.05, 4.69) is 25.6 Å². The van der Waals surface area contributed by atoms with Crippen molar-refractivity contribution >= 4 is 22.9 Å². The maximum absolute atomic E-state index is 11.7. The molecule has 2 heterocycles. The summed E-state index contributed by atoms with van der Waals surface area (Å²) in [5.41, 5.74) is 1.08. The standard InChI is InChI=1S/C18H26N6O4/c1-2-13(26)22-10-6-11(16(28)15(10)27)24-8-21-14-17(19-7-20-18(14)24)23-9-4-3-5-12(9)25/h7-12,15-16,25,27-28H,2-6H2,1H3,(H,22,26)(H,19,20,23)/t9-,10-,11+,12-,15+,16-/m0/s1. The zero-order valence-corrected chi connectivity index (χ0v) is 15.7. The minimum absolute atomic E-state index is 0.0734. The minimum Gasteiger partial charge on any atom is -0.391 e. The zero-order valence-electron chi connectivity index (χ0n) is 15.7.